The van der Waals surface area contributed by atoms with Gasteiger partial charge in [-0.05, 0) is 36.4 Å². The molecule has 0 aromatic carbocycles. The van der Waals surface area contributed by atoms with Gasteiger partial charge < -0.3 is 5.32 Å². The third kappa shape index (κ3) is 3.44. The number of thiophene rings is 1. The minimum Gasteiger partial charge on any atom is -0.366 e. The zero-order valence-electron chi connectivity index (χ0n) is 14.3. The van der Waals surface area contributed by atoms with E-state index < -0.39 is 15.5 Å². The summed E-state index contributed by atoms with van der Waals surface area (Å²) >= 11 is 1.52. The smallest absolute Gasteiger partial charge is 0.366 e. The summed E-state index contributed by atoms with van der Waals surface area (Å²) in [4.78, 5) is 0. The molecule has 0 bridgehead atoms. The number of sulfonamides is 1. The molecule has 8 nitrogen and oxygen atoms in total. The van der Waals surface area contributed by atoms with Crippen LogP contribution in [0.3, 0.4) is 0 Å². The van der Waals surface area contributed by atoms with E-state index in [4.69, 9.17) is 0 Å². The van der Waals surface area contributed by atoms with Crippen LogP contribution < -0.4 is 5.32 Å². The lowest BCUT2D eigenvalue weighted by Gasteiger charge is -2.32. The molecule has 0 unspecified atom stereocenters. The topological polar surface area (TPSA) is 92.5 Å². The number of aromatic nitrogens is 4. The number of hydrogen-bond donors (Lipinski definition) is 1. The van der Waals surface area contributed by atoms with Gasteiger partial charge in [0.05, 0.1) is 0 Å². The van der Waals surface area contributed by atoms with Crippen molar-refractivity contribution >= 4 is 32.8 Å². The molecule has 1 aliphatic rings. The standard InChI is InChI=1S/C15H15F3N6O2S2/c16-15(17,18)28(25,26)23-6-3-11(4-7-23)19-12-1-2-13-20-21-14(24(13)22-12)10-5-8-27-9-10/h1-2,5,8-9,11H,3-4,6-7H2,(H,19,22). The molecule has 13 heteroatoms. The Morgan fingerprint density at radius 1 is 1.14 bits per heavy atom. The lowest BCUT2D eigenvalue weighted by Crippen LogP contribution is -2.47. The summed E-state index contributed by atoms with van der Waals surface area (Å²) in [5.41, 5.74) is -3.82. The average molecular weight is 432 g/mol. The Morgan fingerprint density at radius 3 is 2.54 bits per heavy atom. The summed E-state index contributed by atoms with van der Waals surface area (Å²) in [5, 5.41) is 19.7. The molecule has 1 fully saturated rings. The zero-order valence-corrected chi connectivity index (χ0v) is 15.9. The molecule has 4 rings (SSSR count). The summed E-state index contributed by atoms with van der Waals surface area (Å²) in [7, 11) is -5.28. The number of hydrogen-bond acceptors (Lipinski definition) is 7. The van der Waals surface area contributed by atoms with Crippen molar-refractivity contribution < 1.29 is 21.6 Å². The van der Waals surface area contributed by atoms with E-state index in [1.54, 1.807) is 16.6 Å². The summed E-state index contributed by atoms with van der Waals surface area (Å²) < 4.78 is 63.0. The highest BCUT2D eigenvalue weighted by molar-refractivity contribution is 7.90. The molecule has 0 saturated carbocycles. The molecule has 28 heavy (non-hydrogen) atoms. The van der Waals surface area contributed by atoms with Crippen LogP contribution in [0.25, 0.3) is 17.0 Å². The van der Waals surface area contributed by atoms with E-state index in [9.17, 15) is 21.6 Å². The van der Waals surface area contributed by atoms with E-state index in [1.165, 1.54) is 11.3 Å². The van der Waals surface area contributed by atoms with Gasteiger partial charge in [0.1, 0.15) is 5.82 Å². The minimum absolute atomic E-state index is 0.189. The minimum atomic E-state index is -5.28. The van der Waals surface area contributed by atoms with Gasteiger partial charge in [0.2, 0.25) is 0 Å². The Hall–Kier alpha value is -2.25. The summed E-state index contributed by atoms with van der Waals surface area (Å²) in [6, 6.07) is 5.16. The Bertz CT molecular complexity index is 1070. The van der Waals surface area contributed by atoms with Crippen LogP contribution in [-0.2, 0) is 10.0 Å². The average Bonchev–Trinajstić information content (AvgIpc) is 3.30. The quantitative estimate of drug-likeness (QED) is 0.681. The van der Waals surface area contributed by atoms with Crippen molar-refractivity contribution in [3.63, 3.8) is 0 Å². The zero-order chi connectivity index (χ0) is 19.9. The summed E-state index contributed by atoms with van der Waals surface area (Å²) in [5.74, 6) is 1.10. The first-order valence-corrected chi connectivity index (χ1v) is 10.7. The van der Waals surface area contributed by atoms with Gasteiger partial charge in [-0.15, -0.1) is 15.3 Å². The van der Waals surface area contributed by atoms with Gasteiger partial charge in [0.25, 0.3) is 0 Å². The number of piperidine rings is 1. The van der Waals surface area contributed by atoms with Crippen LogP contribution >= 0.6 is 11.3 Å². The Labute approximate surface area is 162 Å². The lowest BCUT2D eigenvalue weighted by molar-refractivity contribution is -0.0494. The first-order chi connectivity index (χ1) is 13.3. The predicted molar refractivity (Wildman–Crippen MR) is 97.3 cm³/mol. The van der Waals surface area contributed by atoms with Crippen LogP contribution in [0.5, 0.6) is 0 Å². The molecule has 4 heterocycles. The second-order valence-electron chi connectivity index (χ2n) is 6.29. The van der Waals surface area contributed by atoms with Gasteiger partial charge in [0.15, 0.2) is 11.5 Å². The van der Waals surface area contributed by atoms with Crippen LogP contribution in [0, 0.1) is 0 Å². The maximum absolute atomic E-state index is 12.7. The molecule has 0 aliphatic carbocycles. The van der Waals surface area contributed by atoms with E-state index in [2.05, 4.69) is 20.6 Å². The van der Waals surface area contributed by atoms with Crippen LogP contribution in [0.15, 0.2) is 29.0 Å². The van der Waals surface area contributed by atoms with Crippen molar-refractivity contribution in [2.24, 2.45) is 0 Å². The van der Waals surface area contributed by atoms with Crippen molar-refractivity contribution in [2.45, 2.75) is 24.4 Å². The number of nitrogens with zero attached hydrogens (tertiary/aromatic N) is 5. The van der Waals surface area contributed by atoms with Gasteiger partial charge in [-0.25, -0.2) is 8.42 Å². The normalized spacial score (nSPS) is 17.2. The first kappa shape index (κ1) is 19.1. The van der Waals surface area contributed by atoms with Gasteiger partial charge in [-0.1, -0.05) is 0 Å². The molecule has 3 aromatic heterocycles. The Balaban J connectivity index is 1.47. The number of anilines is 1. The predicted octanol–water partition coefficient (Wildman–Crippen LogP) is 2.58. The number of halogens is 3. The third-order valence-corrected chi connectivity index (χ3v) is 6.79. The Morgan fingerprint density at radius 2 is 1.89 bits per heavy atom. The number of alkyl halides is 3. The van der Waals surface area contributed by atoms with Crippen LogP contribution in [0.2, 0.25) is 0 Å². The molecule has 0 atom stereocenters. The third-order valence-electron chi connectivity index (χ3n) is 4.48. The molecule has 0 radical (unpaired) electrons. The van der Waals surface area contributed by atoms with Crippen molar-refractivity contribution in [3.05, 3.63) is 29.0 Å². The first-order valence-electron chi connectivity index (χ1n) is 8.34. The van der Waals surface area contributed by atoms with Crippen LogP contribution in [0.1, 0.15) is 12.8 Å². The number of fused-ring (bicyclic) bond motifs is 1. The largest absolute Gasteiger partial charge is 0.511 e. The van der Waals surface area contributed by atoms with Crippen LogP contribution in [-0.4, -0.2) is 57.2 Å². The maximum atomic E-state index is 12.7. The molecule has 0 spiro atoms. The maximum Gasteiger partial charge on any atom is 0.511 e. The molecular weight excluding hydrogens is 417 g/mol. The highest BCUT2D eigenvalue weighted by Gasteiger charge is 2.50. The monoisotopic (exact) mass is 432 g/mol. The van der Waals surface area contributed by atoms with Crippen molar-refractivity contribution in [3.8, 4) is 11.4 Å². The van der Waals surface area contributed by atoms with E-state index in [-0.39, 0.29) is 32.0 Å². The SMILES string of the molecule is O=S(=O)(N1CCC(Nc2ccc3nnc(-c4ccsc4)n3n2)CC1)C(F)(F)F. The summed E-state index contributed by atoms with van der Waals surface area (Å²) in [6.45, 7) is -0.400. The molecule has 1 saturated heterocycles. The molecular formula is C15H15F3N6O2S2. The molecule has 1 N–H and O–H groups in total. The number of nitrogens with one attached hydrogen (secondary N) is 1. The highest BCUT2D eigenvalue weighted by atomic mass is 32.2. The van der Waals surface area contributed by atoms with E-state index in [1.807, 2.05) is 16.8 Å². The van der Waals surface area contributed by atoms with Gasteiger partial charge in [-0.2, -0.15) is 33.3 Å². The molecule has 150 valence electrons. The Kier molecular flexibility index (Phi) is 4.75. The fraction of sp³-hybridized carbons (Fsp3) is 0.400. The van der Waals surface area contributed by atoms with Gasteiger partial charge in [0, 0.05) is 30.1 Å². The van der Waals surface area contributed by atoms with Gasteiger partial charge >= 0.3 is 15.5 Å². The lowest BCUT2D eigenvalue weighted by atomic mass is 10.1. The fourth-order valence-corrected chi connectivity index (χ4v) is 4.65. The van der Waals surface area contributed by atoms with E-state index in [0.29, 0.717) is 21.6 Å². The number of rotatable bonds is 4. The molecule has 1 aliphatic heterocycles. The van der Waals surface area contributed by atoms with Crippen molar-refractivity contribution in [2.75, 3.05) is 18.4 Å². The van der Waals surface area contributed by atoms with Crippen LogP contribution in [0.4, 0.5) is 19.0 Å². The second kappa shape index (κ2) is 6.97. The fourth-order valence-electron chi connectivity index (χ4n) is 3.03. The summed E-state index contributed by atoms with van der Waals surface area (Å²) in [6.07, 6.45) is 0.489. The highest BCUT2D eigenvalue weighted by Crippen LogP contribution is 2.29. The van der Waals surface area contributed by atoms with Crippen molar-refractivity contribution in [1.29, 1.82) is 0 Å². The molecule has 0 amide bonds. The van der Waals surface area contributed by atoms with Crippen molar-refractivity contribution in [1.82, 2.24) is 24.1 Å². The van der Waals surface area contributed by atoms with Gasteiger partial charge in [-0.3, -0.25) is 0 Å². The van der Waals surface area contributed by atoms with E-state index >= 15 is 0 Å². The second-order valence-corrected chi connectivity index (χ2v) is 9.00. The molecule has 3 aromatic rings. The van der Waals surface area contributed by atoms with E-state index in [0.717, 1.165) is 5.56 Å².